The van der Waals surface area contributed by atoms with Gasteiger partial charge in [-0.1, -0.05) is 44.2 Å². The van der Waals surface area contributed by atoms with Gasteiger partial charge in [0.05, 0.1) is 30.2 Å². The van der Waals surface area contributed by atoms with E-state index in [1.807, 2.05) is 44.2 Å². The number of pyridine rings is 1. The first-order valence-electron chi connectivity index (χ1n) is 10.5. The van der Waals surface area contributed by atoms with Crippen molar-refractivity contribution in [2.75, 3.05) is 30.4 Å². The van der Waals surface area contributed by atoms with E-state index in [2.05, 4.69) is 15.3 Å². The minimum absolute atomic E-state index is 0.348. The van der Waals surface area contributed by atoms with Gasteiger partial charge in [0.2, 0.25) is 6.41 Å². The SMILES string of the molecule is CC.CN(Cc1ccccc1)C1CCN(c2cnc3[nH]cc(NC=O)c3c2)CC1(F)F. The lowest BCUT2D eigenvalue weighted by Crippen LogP contribution is -2.57. The molecule has 3 aromatic rings. The zero-order chi connectivity index (χ0) is 22.4. The summed E-state index contributed by atoms with van der Waals surface area (Å²) in [7, 11) is 1.76. The summed E-state index contributed by atoms with van der Waals surface area (Å²) < 4.78 is 30.1. The van der Waals surface area contributed by atoms with Crippen LogP contribution < -0.4 is 10.2 Å². The van der Waals surface area contributed by atoms with E-state index in [1.165, 1.54) is 0 Å². The number of nitrogens with one attached hydrogen (secondary N) is 2. The number of fused-ring (bicyclic) bond motifs is 1. The first-order valence-corrected chi connectivity index (χ1v) is 10.5. The average Bonchev–Trinajstić information content (AvgIpc) is 3.17. The number of piperidine rings is 1. The molecule has 1 fully saturated rings. The number of amides is 1. The van der Waals surface area contributed by atoms with Gasteiger partial charge >= 0.3 is 0 Å². The fourth-order valence-corrected chi connectivity index (χ4v) is 4.02. The van der Waals surface area contributed by atoms with Crippen LogP contribution >= 0.6 is 0 Å². The van der Waals surface area contributed by atoms with E-state index in [9.17, 15) is 4.79 Å². The minimum Gasteiger partial charge on any atom is -0.364 e. The quantitative estimate of drug-likeness (QED) is 0.566. The van der Waals surface area contributed by atoms with Gasteiger partial charge in [0, 0.05) is 24.7 Å². The van der Waals surface area contributed by atoms with Crippen molar-refractivity contribution in [3.63, 3.8) is 0 Å². The molecule has 31 heavy (non-hydrogen) atoms. The maximum Gasteiger partial charge on any atom is 0.280 e. The molecule has 0 radical (unpaired) electrons. The van der Waals surface area contributed by atoms with Crippen LogP contribution in [-0.2, 0) is 11.3 Å². The summed E-state index contributed by atoms with van der Waals surface area (Å²) in [6.07, 6.45) is 4.15. The lowest BCUT2D eigenvalue weighted by Gasteiger charge is -2.43. The Bertz CT molecular complexity index is 992. The number of aromatic nitrogens is 2. The molecule has 0 aliphatic carbocycles. The van der Waals surface area contributed by atoms with Gasteiger partial charge in [-0.15, -0.1) is 0 Å². The molecule has 1 amide bonds. The van der Waals surface area contributed by atoms with Crippen LogP contribution in [0.1, 0.15) is 25.8 Å². The van der Waals surface area contributed by atoms with Crippen LogP contribution in [0.2, 0.25) is 0 Å². The maximum atomic E-state index is 15.0. The number of nitrogens with zero attached hydrogens (tertiary/aromatic N) is 3. The van der Waals surface area contributed by atoms with Crippen molar-refractivity contribution >= 4 is 28.8 Å². The van der Waals surface area contributed by atoms with Gasteiger partial charge in [-0.2, -0.15) is 0 Å². The molecule has 1 aliphatic heterocycles. The van der Waals surface area contributed by atoms with Crippen molar-refractivity contribution in [1.82, 2.24) is 14.9 Å². The zero-order valence-electron chi connectivity index (χ0n) is 18.1. The second-order valence-corrected chi connectivity index (χ2v) is 7.44. The third-order valence-electron chi connectivity index (χ3n) is 5.46. The first-order chi connectivity index (χ1) is 15.0. The van der Waals surface area contributed by atoms with Crippen molar-refractivity contribution < 1.29 is 13.6 Å². The molecule has 0 bridgehead atoms. The highest BCUT2D eigenvalue weighted by molar-refractivity contribution is 5.96. The third kappa shape index (κ3) is 5.02. The molecule has 0 spiro atoms. The van der Waals surface area contributed by atoms with Gasteiger partial charge in [0.15, 0.2) is 0 Å². The molecule has 1 aromatic carbocycles. The van der Waals surface area contributed by atoms with Crippen molar-refractivity contribution in [1.29, 1.82) is 0 Å². The van der Waals surface area contributed by atoms with Gasteiger partial charge in [-0.05, 0) is 25.1 Å². The fraction of sp³-hybridized carbons (Fsp3) is 0.391. The molecule has 2 N–H and O–H groups in total. The van der Waals surface area contributed by atoms with Crippen LogP contribution in [-0.4, -0.2) is 53.4 Å². The van der Waals surface area contributed by atoms with E-state index in [0.717, 1.165) is 5.56 Å². The molecule has 6 nitrogen and oxygen atoms in total. The van der Waals surface area contributed by atoms with Crippen molar-refractivity contribution in [3.05, 3.63) is 54.4 Å². The highest BCUT2D eigenvalue weighted by atomic mass is 19.3. The number of alkyl halides is 2. The number of benzene rings is 1. The molecule has 0 saturated carbocycles. The number of carbonyl (C=O) groups is 1. The molecule has 166 valence electrons. The summed E-state index contributed by atoms with van der Waals surface area (Å²) in [4.78, 5) is 21.4. The maximum absolute atomic E-state index is 15.0. The second kappa shape index (κ2) is 9.87. The Morgan fingerprint density at radius 2 is 2.06 bits per heavy atom. The summed E-state index contributed by atoms with van der Waals surface area (Å²) >= 11 is 0. The largest absolute Gasteiger partial charge is 0.364 e. The molecule has 1 saturated heterocycles. The van der Waals surface area contributed by atoms with Crippen LogP contribution in [0.3, 0.4) is 0 Å². The number of rotatable bonds is 6. The first kappa shape index (κ1) is 22.7. The van der Waals surface area contributed by atoms with Crippen LogP contribution in [0.4, 0.5) is 20.2 Å². The Hall–Kier alpha value is -3.00. The fourth-order valence-electron chi connectivity index (χ4n) is 4.02. The molecule has 8 heteroatoms. The van der Waals surface area contributed by atoms with Crippen molar-refractivity contribution in [3.8, 4) is 0 Å². The summed E-state index contributed by atoms with van der Waals surface area (Å²) in [6.45, 7) is 4.62. The average molecular weight is 430 g/mol. The predicted octanol–water partition coefficient (Wildman–Crippen LogP) is 4.50. The van der Waals surface area contributed by atoms with Gasteiger partial charge in [0.1, 0.15) is 5.65 Å². The number of H-pyrrole nitrogens is 1. The summed E-state index contributed by atoms with van der Waals surface area (Å²) in [5, 5.41) is 3.29. The van der Waals surface area contributed by atoms with Gasteiger partial charge < -0.3 is 15.2 Å². The Morgan fingerprint density at radius 1 is 1.32 bits per heavy atom. The number of anilines is 2. The van der Waals surface area contributed by atoms with Gasteiger partial charge in [0.25, 0.3) is 5.92 Å². The topological polar surface area (TPSA) is 64.3 Å². The van der Waals surface area contributed by atoms with E-state index in [1.54, 1.807) is 35.3 Å². The lowest BCUT2D eigenvalue weighted by molar-refractivity contribution is -0.105. The van der Waals surface area contributed by atoms with Crippen LogP contribution in [0.15, 0.2) is 48.8 Å². The Kier molecular flexibility index (Phi) is 7.22. The highest BCUT2D eigenvalue weighted by Crippen LogP contribution is 2.35. The number of halogens is 2. The molecule has 3 heterocycles. The smallest absolute Gasteiger partial charge is 0.280 e. The van der Waals surface area contributed by atoms with E-state index < -0.39 is 12.0 Å². The second-order valence-electron chi connectivity index (χ2n) is 7.44. The summed E-state index contributed by atoms with van der Waals surface area (Å²) in [5.41, 5.74) is 2.82. The van der Waals surface area contributed by atoms with E-state index in [4.69, 9.17) is 0 Å². The molecular formula is C23H29F2N5O. The number of hydrogen-bond acceptors (Lipinski definition) is 4. The van der Waals surface area contributed by atoms with E-state index >= 15 is 8.78 Å². The Labute approximate surface area is 181 Å². The Balaban J connectivity index is 0.00000132. The minimum atomic E-state index is -2.86. The lowest BCUT2D eigenvalue weighted by atomic mass is 9.98. The van der Waals surface area contributed by atoms with E-state index in [0.29, 0.717) is 48.3 Å². The van der Waals surface area contributed by atoms with Crippen molar-refractivity contribution in [2.45, 2.75) is 38.8 Å². The standard InChI is InChI=1S/C21H23F2N5O.C2H6/c1-27(12-15-5-3-2-4-6-15)19-7-8-28(13-21(19,22)23)16-9-17-18(26-14-29)11-25-20(17)24-10-16;1-2/h2-6,9-11,14,19H,7-8,12-13H2,1H3,(H,24,25)(H,26,29);1-2H3. The van der Waals surface area contributed by atoms with Crippen molar-refractivity contribution in [2.24, 2.45) is 0 Å². The number of hydrogen-bond donors (Lipinski definition) is 2. The van der Waals surface area contributed by atoms with Gasteiger partial charge in [-0.25, -0.2) is 13.8 Å². The highest BCUT2D eigenvalue weighted by Gasteiger charge is 2.46. The Morgan fingerprint density at radius 3 is 2.74 bits per heavy atom. The summed E-state index contributed by atoms with van der Waals surface area (Å²) in [6, 6.07) is 10.6. The van der Waals surface area contributed by atoms with E-state index in [-0.39, 0.29) is 6.54 Å². The summed E-state index contributed by atoms with van der Waals surface area (Å²) in [5.74, 6) is -2.86. The third-order valence-corrected chi connectivity index (χ3v) is 5.46. The van der Waals surface area contributed by atoms with Gasteiger partial charge in [-0.3, -0.25) is 9.69 Å². The molecular weight excluding hydrogens is 400 g/mol. The molecule has 4 rings (SSSR count). The molecule has 1 aliphatic rings. The predicted molar refractivity (Wildman–Crippen MR) is 121 cm³/mol. The number of aromatic amines is 1. The van der Waals surface area contributed by atoms with Crippen LogP contribution in [0, 0.1) is 0 Å². The monoisotopic (exact) mass is 429 g/mol. The molecule has 1 unspecified atom stereocenters. The number of carbonyl (C=O) groups excluding carboxylic acids is 1. The molecule has 2 aromatic heterocycles. The molecule has 1 atom stereocenters. The van der Waals surface area contributed by atoms with Crippen LogP contribution in [0.5, 0.6) is 0 Å². The van der Waals surface area contributed by atoms with Crippen LogP contribution in [0.25, 0.3) is 11.0 Å². The normalized spacial score (nSPS) is 17.9. The zero-order valence-corrected chi connectivity index (χ0v) is 18.1.